The van der Waals surface area contributed by atoms with Gasteiger partial charge in [0.2, 0.25) is 0 Å². The molecule has 70 valence electrons. The molecule has 0 aliphatic carbocycles. The van der Waals surface area contributed by atoms with E-state index in [9.17, 15) is 9.90 Å². The van der Waals surface area contributed by atoms with Gasteiger partial charge in [-0.15, -0.1) is 0 Å². The Kier molecular flexibility index (Phi) is 2.53. The van der Waals surface area contributed by atoms with Gasteiger partial charge in [0.05, 0.1) is 0 Å². The quantitative estimate of drug-likeness (QED) is 0.638. The molecule has 0 bridgehead atoms. The van der Waals surface area contributed by atoms with Crippen molar-refractivity contribution in [2.75, 3.05) is 0 Å². The summed E-state index contributed by atoms with van der Waals surface area (Å²) in [6, 6.07) is 4.09. The second kappa shape index (κ2) is 3.45. The number of hydrogen-bond donors (Lipinski definition) is 3. The molecule has 4 N–H and O–H groups in total. The van der Waals surface area contributed by atoms with Crippen molar-refractivity contribution >= 4 is 5.97 Å². The first kappa shape index (κ1) is 9.54. The Morgan fingerprint density at radius 3 is 2.54 bits per heavy atom. The topological polar surface area (TPSA) is 83.6 Å². The van der Waals surface area contributed by atoms with Crippen LogP contribution in [-0.4, -0.2) is 16.2 Å². The molecule has 0 aromatic heterocycles. The molecular weight excluding hydrogens is 170 g/mol. The summed E-state index contributed by atoms with van der Waals surface area (Å²) < 4.78 is 0. The smallest absolute Gasteiger partial charge is 0.339 e. The highest BCUT2D eigenvalue weighted by Gasteiger charge is 2.10. The summed E-state index contributed by atoms with van der Waals surface area (Å²) in [5.74, 6) is -1.39. The molecule has 0 saturated carbocycles. The summed E-state index contributed by atoms with van der Waals surface area (Å²) in [6.07, 6.45) is 0. The third kappa shape index (κ3) is 1.97. The Morgan fingerprint density at radius 2 is 2.15 bits per heavy atom. The molecule has 0 saturated heterocycles. The summed E-state index contributed by atoms with van der Waals surface area (Å²) in [4.78, 5) is 10.5. The lowest BCUT2D eigenvalue weighted by Gasteiger charge is -2.06. The number of rotatable bonds is 2. The van der Waals surface area contributed by atoms with E-state index < -0.39 is 5.97 Å². The highest BCUT2D eigenvalue weighted by atomic mass is 16.4. The molecule has 0 aliphatic rings. The van der Waals surface area contributed by atoms with E-state index in [-0.39, 0.29) is 17.4 Å². The van der Waals surface area contributed by atoms with Gasteiger partial charge in [0.15, 0.2) is 0 Å². The second-order valence-corrected chi connectivity index (χ2v) is 2.87. The zero-order valence-corrected chi connectivity index (χ0v) is 7.19. The highest BCUT2D eigenvalue weighted by Crippen LogP contribution is 2.21. The molecule has 0 unspecified atom stereocenters. The van der Waals surface area contributed by atoms with Crippen molar-refractivity contribution in [2.24, 2.45) is 5.73 Å². The van der Waals surface area contributed by atoms with Crippen LogP contribution in [0.5, 0.6) is 5.75 Å². The molecule has 0 amide bonds. The monoisotopic (exact) mass is 181 g/mol. The standard InChI is InChI=1S/C9H11NO3/c1-5(10)6-2-3-7(9(12)13)8(11)4-6/h2-5,11H,10H2,1H3,(H,12,13)/t5-/m1/s1. The third-order valence-corrected chi connectivity index (χ3v) is 1.78. The average molecular weight is 181 g/mol. The molecular formula is C9H11NO3. The first-order chi connectivity index (χ1) is 6.02. The molecule has 0 aliphatic heterocycles. The largest absolute Gasteiger partial charge is 0.507 e. The Labute approximate surface area is 75.6 Å². The number of aromatic hydroxyl groups is 1. The first-order valence-electron chi connectivity index (χ1n) is 3.84. The van der Waals surface area contributed by atoms with Crippen LogP contribution >= 0.6 is 0 Å². The molecule has 4 nitrogen and oxygen atoms in total. The maximum Gasteiger partial charge on any atom is 0.339 e. The van der Waals surface area contributed by atoms with Crippen LogP contribution < -0.4 is 5.73 Å². The van der Waals surface area contributed by atoms with Crippen molar-refractivity contribution in [1.29, 1.82) is 0 Å². The second-order valence-electron chi connectivity index (χ2n) is 2.87. The minimum absolute atomic E-state index is 0.107. The van der Waals surface area contributed by atoms with Crippen LogP contribution in [0.4, 0.5) is 0 Å². The number of phenols is 1. The van der Waals surface area contributed by atoms with Crippen LogP contribution in [0.2, 0.25) is 0 Å². The van der Waals surface area contributed by atoms with Crippen molar-refractivity contribution in [2.45, 2.75) is 13.0 Å². The summed E-state index contributed by atoms with van der Waals surface area (Å²) in [7, 11) is 0. The number of aromatic carboxylic acids is 1. The van der Waals surface area contributed by atoms with Gasteiger partial charge in [0.1, 0.15) is 11.3 Å². The maximum atomic E-state index is 10.5. The summed E-state index contributed by atoms with van der Waals surface area (Å²) >= 11 is 0. The van der Waals surface area contributed by atoms with Gasteiger partial charge in [-0.25, -0.2) is 4.79 Å². The predicted octanol–water partition coefficient (Wildman–Crippen LogP) is 1.11. The Morgan fingerprint density at radius 1 is 1.54 bits per heavy atom. The summed E-state index contributed by atoms with van der Waals surface area (Å²) in [5.41, 5.74) is 6.15. The fourth-order valence-corrected chi connectivity index (χ4v) is 1.01. The molecule has 0 fully saturated rings. The van der Waals surface area contributed by atoms with E-state index in [1.165, 1.54) is 12.1 Å². The molecule has 1 aromatic carbocycles. The number of hydrogen-bond acceptors (Lipinski definition) is 3. The number of carboxylic acid groups (broad SMARTS) is 1. The molecule has 13 heavy (non-hydrogen) atoms. The number of carboxylic acids is 1. The van der Waals surface area contributed by atoms with Crippen LogP contribution in [0.1, 0.15) is 28.9 Å². The molecule has 4 heteroatoms. The fraction of sp³-hybridized carbons (Fsp3) is 0.222. The van der Waals surface area contributed by atoms with Crippen molar-refractivity contribution in [3.8, 4) is 5.75 Å². The van der Waals surface area contributed by atoms with Crippen LogP contribution in [0, 0.1) is 0 Å². The van der Waals surface area contributed by atoms with Gasteiger partial charge in [0.25, 0.3) is 0 Å². The third-order valence-electron chi connectivity index (χ3n) is 1.78. The summed E-state index contributed by atoms with van der Waals surface area (Å²) in [5, 5.41) is 17.9. The number of benzene rings is 1. The van der Waals surface area contributed by atoms with E-state index in [2.05, 4.69) is 0 Å². The Balaban J connectivity index is 3.13. The van der Waals surface area contributed by atoms with Gasteiger partial charge in [-0.05, 0) is 24.6 Å². The van der Waals surface area contributed by atoms with E-state index in [0.717, 1.165) is 0 Å². The van der Waals surface area contributed by atoms with Crippen LogP contribution in [-0.2, 0) is 0 Å². The predicted molar refractivity (Wildman–Crippen MR) is 47.7 cm³/mol. The zero-order valence-electron chi connectivity index (χ0n) is 7.19. The fourth-order valence-electron chi connectivity index (χ4n) is 1.01. The lowest BCUT2D eigenvalue weighted by Crippen LogP contribution is -2.05. The van der Waals surface area contributed by atoms with E-state index in [0.29, 0.717) is 5.56 Å². The average Bonchev–Trinajstić information content (AvgIpc) is 2.03. The van der Waals surface area contributed by atoms with Crippen LogP contribution in [0.25, 0.3) is 0 Å². The van der Waals surface area contributed by atoms with Crippen molar-refractivity contribution in [3.05, 3.63) is 29.3 Å². The van der Waals surface area contributed by atoms with Crippen molar-refractivity contribution in [3.63, 3.8) is 0 Å². The SMILES string of the molecule is C[C@@H](N)c1ccc(C(=O)O)c(O)c1. The van der Waals surface area contributed by atoms with Crippen LogP contribution in [0.15, 0.2) is 18.2 Å². The van der Waals surface area contributed by atoms with Gasteiger partial charge in [0, 0.05) is 6.04 Å². The Hall–Kier alpha value is -1.55. The zero-order chi connectivity index (χ0) is 10.0. The normalized spacial score (nSPS) is 12.5. The van der Waals surface area contributed by atoms with E-state index >= 15 is 0 Å². The lowest BCUT2D eigenvalue weighted by molar-refractivity contribution is 0.0693. The molecule has 0 spiro atoms. The maximum absolute atomic E-state index is 10.5. The number of carbonyl (C=O) groups is 1. The summed E-state index contributed by atoms with van der Waals surface area (Å²) in [6.45, 7) is 1.76. The Bertz CT molecular complexity index is 334. The van der Waals surface area contributed by atoms with Crippen molar-refractivity contribution < 1.29 is 15.0 Å². The lowest BCUT2D eigenvalue weighted by atomic mass is 10.1. The molecule has 1 rings (SSSR count). The van der Waals surface area contributed by atoms with Gasteiger partial charge in [-0.1, -0.05) is 6.07 Å². The number of nitrogens with two attached hydrogens (primary N) is 1. The minimum atomic E-state index is -1.14. The van der Waals surface area contributed by atoms with E-state index in [1.807, 2.05) is 0 Å². The highest BCUT2D eigenvalue weighted by molar-refractivity contribution is 5.90. The van der Waals surface area contributed by atoms with E-state index in [4.69, 9.17) is 10.8 Å². The van der Waals surface area contributed by atoms with Crippen molar-refractivity contribution in [1.82, 2.24) is 0 Å². The van der Waals surface area contributed by atoms with Crippen LogP contribution in [0.3, 0.4) is 0 Å². The van der Waals surface area contributed by atoms with Gasteiger partial charge in [-0.2, -0.15) is 0 Å². The van der Waals surface area contributed by atoms with E-state index in [1.54, 1.807) is 13.0 Å². The minimum Gasteiger partial charge on any atom is -0.507 e. The molecule has 0 heterocycles. The van der Waals surface area contributed by atoms with Gasteiger partial charge < -0.3 is 15.9 Å². The molecule has 1 aromatic rings. The van der Waals surface area contributed by atoms with Gasteiger partial charge in [-0.3, -0.25) is 0 Å². The van der Waals surface area contributed by atoms with Gasteiger partial charge >= 0.3 is 5.97 Å². The molecule has 0 radical (unpaired) electrons. The molecule has 1 atom stereocenters. The first-order valence-corrected chi connectivity index (χ1v) is 3.84.